The highest BCUT2D eigenvalue weighted by Gasteiger charge is 2.12. The largest absolute Gasteiger partial charge is 0.497 e. The van der Waals surface area contributed by atoms with Gasteiger partial charge in [-0.15, -0.1) is 0 Å². The first kappa shape index (κ1) is 15.7. The van der Waals surface area contributed by atoms with E-state index in [2.05, 4.69) is 12.2 Å². The number of benzene rings is 2. The molecule has 4 heteroatoms. The lowest BCUT2D eigenvalue weighted by Crippen LogP contribution is -2.12. The maximum atomic E-state index is 6.17. The molecule has 112 valence electrons. The highest BCUT2D eigenvalue weighted by molar-refractivity contribution is 6.30. The average molecular weight is 306 g/mol. The molecular weight excluding hydrogens is 286 g/mol. The molecule has 0 aliphatic carbocycles. The van der Waals surface area contributed by atoms with Crippen LogP contribution in [-0.2, 0) is 6.54 Å². The van der Waals surface area contributed by atoms with Gasteiger partial charge in [0.2, 0.25) is 0 Å². The first-order chi connectivity index (χ1) is 10.2. The van der Waals surface area contributed by atoms with Crippen LogP contribution in [0.25, 0.3) is 11.1 Å². The van der Waals surface area contributed by atoms with Gasteiger partial charge in [0.15, 0.2) is 0 Å². The van der Waals surface area contributed by atoms with E-state index in [1.807, 2.05) is 36.4 Å². The van der Waals surface area contributed by atoms with Crippen molar-refractivity contribution in [1.29, 1.82) is 0 Å². The van der Waals surface area contributed by atoms with E-state index in [1.165, 1.54) is 5.56 Å². The standard InChI is InChI=1S/C17H20ClNO2/c1-4-19-11-12-5-6-13(18)9-16(12)15-8-7-14(20-2)10-17(15)21-3/h5-10,19H,4,11H2,1-3H3. The summed E-state index contributed by atoms with van der Waals surface area (Å²) in [6.07, 6.45) is 0. The molecule has 2 rings (SSSR count). The second-order valence-electron chi connectivity index (χ2n) is 4.65. The predicted octanol–water partition coefficient (Wildman–Crippen LogP) is 4.13. The molecule has 0 bridgehead atoms. The van der Waals surface area contributed by atoms with Crippen LogP contribution in [0.15, 0.2) is 36.4 Å². The Morgan fingerprint density at radius 2 is 1.81 bits per heavy atom. The van der Waals surface area contributed by atoms with Crippen LogP contribution < -0.4 is 14.8 Å². The molecule has 0 unspecified atom stereocenters. The fourth-order valence-electron chi connectivity index (χ4n) is 2.23. The molecule has 0 heterocycles. The summed E-state index contributed by atoms with van der Waals surface area (Å²) < 4.78 is 10.7. The van der Waals surface area contributed by atoms with E-state index in [-0.39, 0.29) is 0 Å². The van der Waals surface area contributed by atoms with Gasteiger partial charge in [-0.05, 0) is 41.9 Å². The van der Waals surface area contributed by atoms with Crippen molar-refractivity contribution >= 4 is 11.6 Å². The van der Waals surface area contributed by atoms with Gasteiger partial charge in [-0.1, -0.05) is 24.6 Å². The fraction of sp³-hybridized carbons (Fsp3) is 0.294. The third-order valence-corrected chi connectivity index (χ3v) is 3.57. The van der Waals surface area contributed by atoms with Crippen LogP contribution in [0.3, 0.4) is 0 Å². The number of hydrogen-bond donors (Lipinski definition) is 1. The van der Waals surface area contributed by atoms with Crippen molar-refractivity contribution < 1.29 is 9.47 Å². The predicted molar refractivity (Wildman–Crippen MR) is 87.4 cm³/mol. The Bertz CT molecular complexity index is 614. The molecule has 0 atom stereocenters. The maximum Gasteiger partial charge on any atom is 0.130 e. The molecule has 0 aliphatic rings. The van der Waals surface area contributed by atoms with Crippen molar-refractivity contribution in [3.05, 3.63) is 47.0 Å². The van der Waals surface area contributed by atoms with Crippen molar-refractivity contribution in [3.63, 3.8) is 0 Å². The number of hydrogen-bond acceptors (Lipinski definition) is 3. The van der Waals surface area contributed by atoms with E-state index in [0.717, 1.165) is 35.7 Å². The third-order valence-electron chi connectivity index (χ3n) is 3.34. The number of nitrogens with one attached hydrogen (secondary N) is 1. The second kappa shape index (κ2) is 7.34. The van der Waals surface area contributed by atoms with Gasteiger partial charge >= 0.3 is 0 Å². The molecule has 0 saturated heterocycles. The summed E-state index contributed by atoms with van der Waals surface area (Å²) >= 11 is 6.17. The van der Waals surface area contributed by atoms with Crippen LogP contribution >= 0.6 is 11.6 Å². The van der Waals surface area contributed by atoms with Crippen LogP contribution in [0.4, 0.5) is 0 Å². The topological polar surface area (TPSA) is 30.5 Å². The highest BCUT2D eigenvalue weighted by Crippen LogP contribution is 2.36. The molecule has 0 radical (unpaired) electrons. The minimum atomic E-state index is 0.711. The minimum Gasteiger partial charge on any atom is -0.497 e. The first-order valence-electron chi connectivity index (χ1n) is 6.91. The molecular formula is C17H20ClNO2. The lowest BCUT2D eigenvalue weighted by atomic mass is 9.98. The highest BCUT2D eigenvalue weighted by atomic mass is 35.5. The van der Waals surface area contributed by atoms with E-state index < -0.39 is 0 Å². The molecule has 0 spiro atoms. The fourth-order valence-corrected chi connectivity index (χ4v) is 2.41. The van der Waals surface area contributed by atoms with E-state index >= 15 is 0 Å². The lowest BCUT2D eigenvalue weighted by Gasteiger charge is -2.15. The summed E-state index contributed by atoms with van der Waals surface area (Å²) in [4.78, 5) is 0. The SMILES string of the molecule is CCNCc1ccc(Cl)cc1-c1ccc(OC)cc1OC. The Labute approximate surface area is 130 Å². The second-order valence-corrected chi connectivity index (χ2v) is 5.08. The van der Waals surface area contributed by atoms with Crippen molar-refractivity contribution in [2.75, 3.05) is 20.8 Å². The lowest BCUT2D eigenvalue weighted by molar-refractivity contribution is 0.395. The number of ether oxygens (including phenoxy) is 2. The van der Waals surface area contributed by atoms with Gasteiger partial charge in [-0.25, -0.2) is 0 Å². The van der Waals surface area contributed by atoms with Crippen LogP contribution in [-0.4, -0.2) is 20.8 Å². The minimum absolute atomic E-state index is 0.711. The molecule has 0 aliphatic heterocycles. The van der Waals surface area contributed by atoms with Crippen molar-refractivity contribution in [1.82, 2.24) is 5.32 Å². The van der Waals surface area contributed by atoms with Crippen LogP contribution in [0.5, 0.6) is 11.5 Å². The zero-order valence-electron chi connectivity index (χ0n) is 12.6. The first-order valence-corrected chi connectivity index (χ1v) is 7.29. The molecule has 2 aromatic carbocycles. The van der Waals surface area contributed by atoms with Gasteiger partial charge in [0.25, 0.3) is 0 Å². The Balaban J connectivity index is 2.51. The molecule has 0 amide bonds. The van der Waals surface area contributed by atoms with Crippen LogP contribution in [0.2, 0.25) is 5.02 Å². The van der Waals surface area contributed by atoms with Crippen molar-refractivity contribution in [3.8, 4) is 22.6 Å². The summed E-state index contributed by atoms with van der Waals surface area (Å²) in [7, 11) is 3.30. The summed E-state index contributed by atoms with van der Waals surface area (Å²) in [5.74, 6) is 1.54. The Kier molecular flexibility index (Phi) is 5.48. The van der Waals surface area contributed by atoms with E-state index in [9.17, 15) is 0 Å². The molecule has 21 heavy (non-hydrogen) atoms. The van der Waals surface area contributed by atoms with E-state index in [1.54, 1.807) is 14.2 Å². The van der Waals surface area contributed by atoms with E-state index in [0.29, 0.717) is 5.02 Å². The quantitative estimate of drug-likeness (QED) is 0.870. The normalized spacial score (nSPS) is 10.5. The van der Waals surface area contributed by atoms with Crippen molar-refractivity contribution in [2.45, 2.75) is 13.5 Å². The molecule has 2 aromatic rings. The average Bonchev–Trinajstić information content (AvgIpc) is 2.53. The molecule has 0 fully saturated rings. The van der Waals surface area contributed by atoms with Crippen LogP contribution in [0.1, 0.15) is 12.5 Å². The molecule has 0 saturated carbocycles. The summed E-state index contributed by atoms with van der Waals surface area (Å²) in [5, 5.41) is 4.06. The summed E-state index contributed by atoms with van der Waals surface area (Å²) in [5.41, 5.74) is 3.27. The summed E-state index contributed by atoms with van der Waals surface area (Å²) in [6, 6.07) is 11.7. The van der Waals surface area contributed by atoms with Gasteiger partial charge in [0.05, 0.1) is 14.2 Å². The maximum absolute atomic E-state index is 6.17. The Morgan fingerprint density at radius 3 is 2.48 bits per heavy atom. The van der Waals surface area contributed by atoms with Gasteiger partial charge < -0.3 is 14.8 Å². The zero-order chi connectivity index (χ0) is 15.2. The molecule has 0 aromatic heterocycles. The number of halogens is 1. The smallest absolute Gasteiger partial charge is 0.130 e. The Hall–Kier alpha value is -1.71. The number of methoxy groups -OCH3 is 2. The number of rotatable bonds is 6. The van der Waals surface area contributed by atoms with E-state index in [4.69, 9.17) is 21.1 Å². The summed E-state index contributed by atoms with van der Waals surface area (Å²) in [6.45, 7) is 3.80. The van der Waals surface area contributed by atoms with Crippen molar-refractivity contribution in [2.24, 2.45) is 0 Å². The van der Waals surface area contributed by atoms with Gasteiger partial charge in [-0.2, -0.15) is 0 Å². The monoisotopic (exact) mass is 305 g/mol. The van der Waals surface area contributed by atoms with Gasteiger partial charge in [0.1, 0.15) is 11.5 Å². The van der Waals surface area contributed by atoms with Gasteiger partial charge in [0, 0.05) is 23.2 Å². The third kappa shape index (κ3) is 3.69. The Morgan fingerprint density at radius 1 is 1.00 bits per heavy atom. The van der Waals surface area contributed by atoms with Gasteiger partial charge in [-0.3, -0.25) is 0 Å². The molecule has 1 N–H and O–H groups in total. The van der Waals surface area contributed by atoms with Crippen LogP contribution in [0, 0.1) is 0 Å². The molecule has 3 nitrogen and oxygen atoms in total. The zero-order valence-corrected chi connectivity index (χ0v) is 13.3.